The van der Waals surface area contributed by atoms with Crippen LogP contribution >= 0.6 is 0 Å². The summed E-state index contributed by atoms with van der Waals surface area (Å²) >= 11 is 0. The van der Waals surface area contributed by atoms with Crippen LogP contribution in [0, 0.1) is 18.3 Å². The summed E-state index contributed by atoms with van der Waals surface area (Å²) in [5.74, 6) is 0. The molecule has 0 aliphatic heterocycles. The van der Waals surface area contributed by atoms with Crippen LogP contribution in [0.15, 0.2) is 42.5 Å². The highest BCUT2D eigenvalue weighted by atomic mass is 14.9. The third-order valence-electron chi connectivity index (χ3n) is 3.71. The van der Waals surface area contributed by atoms with Crippen LogP contribution in [0.3, 0.4) is 0 Å². The average Bonchev–Trinajstić information content (AvgIpc) is 2.81. The first-order valence-corrected chi connectivity index (χ1v) is 6.60. The highest BCUT2D eigenvalue weighted by molar-refractivity contribution is 5.60. The maximum absolute atomic E-state index is 9.17. The summed E-state index contributed by atoms with van der Waals surface area (Å²) in [6.45, 7) is 2.05. The number of nitrogens with one attached hydrogen (secondary N) is 1. The zero-order valence-corrected chi connectivity index (χ0v) is 11.0. The van der Waals surface area contributed by atoms with Gasteiger partial charge < -0.3 is 5.32 Å². The molecule has 1 aliphatic rings. The number of nitrogens with zero attached hydrogens (tertiary/aromatic N) is 1. The number of hydrogen-bond acceptors (Lipinski definition) is 2. The average molecular weight is 248 g/mol. The van der Waals surface area contributed by atoms with Crippen molar-refractivity contribution in [2.45, 2.75) is 25.8 Å². The molecule has 2 aromatic rings. The summed E-state index contributed by atoms with van der Waals surface area (Å²) in [6.07, 6.45) is 2.07. The SMILES string of the molecule is Cc1ccc(C#N)c(NC2Cc3ccccc3C2)c1. The van der Waals surface area contributed by atoms with Gasteiger partial charge in [0.2, 0.25) is 0 Å². The normalized spacial score (nSPS) is 13.9. The molecule has 0 spiro atoms. The minimum Gasteiger partial charge on any atom is -0.381 e. The van der Waals surface area contributed by atoms with E-state index >= 15 is 0 Å². The van der Waals surface area contributed by atoms with E-state index in [0.29, 0.717) is 6.04 Å². The molecule has 1 aliphatic carbocycles. The molecule has 0 bridgehead atoms. The summed E-state index contributed by atoms with van der Waals surface area (Å²) < 4.78 is 0. The maximum atomic E-state index is 9.17. The van der Waals surface area contributed by atoms with E-state index in [2.05, 4.69) is 48.6 Å². The minimum absolute atomic E-state index is 0.395. The van der Waals surface area contributed by atoms with Crippen molar-refractivity contribution in [2.24, 2.45) is 0 Å². The van der Waals surface area contributed by atoms with E-state index in [0.717, 1.165) is 24.1 Å². The first-order valence-electron chi connectivity index (χ1n) is 6.60. The van der Waals surface area contributed by atoms with E-state index < -0.39 is 0 Å². The molecule has 19 heavy (non-hydrogen) atoms. The number of benzene rings is 2. The second-order valence-electron chi connectivity index (χ2n) is 5.18. The Hall–Kier alpha value is -2.27. The Bertz CT molecular complexity index is 628. The molecule has 2 aromatic carbocycles. The van der Waals surface area contributed by atoms with Crippen molar-refractivity contribution < 1.29 is 0 Å². The molecule has 94 valence electrons. The Morgan fingerprint density at radius 3 is 2.42 bits per heavy atom. The molecule has 0 atom stereocenters. The summed E-state index contributed by atoms with van der Waals surface area (Å²) in [7, 11) is 0. The Morgan fingerprint density at radius 2 is 1.79 bits per heavy atom. The Morgan fingerprint density at radius 1 is 1.11 bits per heavy atom. The van der Waals surface area contributed by atoms with Gasteiger partial charge in [0.05, 0.1) is 11.3 Å². The van der Waals surface area contributed by atoms with Gasteiger partial charge in [-0.05, 0) is 48.6 Å². The quantitative estimate of drug-likeness (QED) is 0.883. The number of hydrogen-bond donors (Lipinski definition) is 1. The minimum atomic E-state index is 0.395. The molecule has 0 amide bonds. The smallest absolute Gasteiger partial charge is 0.101 e. The van der Waals surface area contributed by atoms with E-state index in [4.69, 9.17) is 5.26 Å². The first kappa shape index (κ1) is 11.8. The molecule has 0 unspecified atom stereocenters. The summed E-state index contributed by atoms with van der Waals surface area (Å²) in [5, 5.41) is 12.7. The number of rotatable bonds is 2. The fraction of sp³-hybridized carbons (Fsp3) is 0.235. The van der Waals surface area contributed by atoms with E-state index in [1.54, 1.807) is 0 Å². The molecule has 0 radical (unpaired) electrons. The van der Waals surface area contributed by atoms with Crippen molar-refractivity contribution in [3.8, 4) is 6.07 Å². The van der Waals surface area contributed by atoms with Crippen LogP contribution in [0.2, 0.25) is 0 Å². The number of nitriles is 1. The van der Waals surface area contributed by atoms with Crippen molar-refractivity contribution in [1.82, 2.24) is 0 Å². The highest BCUT2D eigenvalue weighted by Crippen LogP contribution is 2.26. The van der Waals surface area contributed by atoms with Crippen LogP contribution in [0.25, 0.3) is 0 Å². The Kier molecular flexibility index (Phi) is 2.97. The molecular formula is C17H16N2. The predicted octanol–water partition coefficient (Wildman–Crippen LogP) is 3.45. The van der Waals surface area contributed by atoms with Gasteiger partial charge in [-0.15, -0.1) is 0 Å². The van der Waals surface area contributed by atoms with Crippen molar-refractivity contribution in [1.29, 1.82) is 5.26 Å². The van der Waals surface area contributed by atoms with Gasteiger partial charge in [0.15, 0.2) is 0 Å². The van der Waals surface area contributed by atoms with Gasteiger partial charge in [-0.3, -0.25) is 0 Å². The van der Waals surface area contributed by atoms with Crippen molar-refractivity contribution in [2.75, 3.05) is 5.32 Å². The Labute approximate surface area is 113 Å². The van der Waals surface area contributed by atoms with Crippen LogP contribution < -0.4 is 5.32 Å². The second kappa shape index (κ2) is 4.78. The molecule has 0 saturated carbocycles. The van der Waals surface area contributed by atoms with Crippen LogP contribution in [0.1, 0.15) is 22.3 Å². The van der Waals surface area contributed by atoms with Gasteiger partial charge in [-0.1, -0.05) is 30.3 Å². The van der Waals surface area contributed by atoms with Crippen molar-refractivity contribution >= 4 is 5.69 Å². The van der Waals surface area contributed by atoms with Crippen LogP contribution in [0.4, 0.5) is 5.69 Å². The van der Waals surface area contributed by atoms with Gasteiger partial charge in [0.1, 0.15) is 6.07 Å². The second-order valence-corrected chi connectivity index (χ2v) is 5.18. The summed E-state index contributed by atoms with van der Waals surface area (Å²) in [5.41, 5.74) is 5.70. The van der Waals surface area contributed by atoms with Crippen LogP contribution in [0.5, 0.6) is 0 Å². The zero-order chi connectivity index (χ0) is 13.2. The Balaban J connectivity index is 1.81. The van der Waals surface area contributed by atoms with Crippen molar-refractivity contribution in [3.63, 3.8) is 0 Å². The molecule has 0 heterocycles. The largest absolute Gasteiger partial charge is 0.381 e. The van der Waals surface area contributed by atoms with Gasteiger partial charge in [0, 0.05) is 6.04 Å². The molecule has 0 aromatic heterocycles. The summed E-state index contributed by atoms with van der Waals surface area (Å²) in [4.78, 5) is 0. The molecule has 3 rings (SSSR count). The fourth-order valence-electron chi connectivity index (χ4n) is 2.76. The lowest BCUT2D eigenvalue weighted by Crippen LogP contribution is -2.20. The maximum Gasteiger partial charge on any atom is 0.101 e. The molecule has 2 heteroatoms. The topological polar surface area (TPSA) is 35.8 Å². The number of fused-ring (bicyclic) bond motifs is 1. The third kappa shape index (κ3) is 2.32. The number of anilines is 1. The number of aryl methyl sites for hydroxylation is 1. The first-order chi connectivity index (χ1) is 9.26. The van der Waals surface area contributed by atoms with Gasteiger partial charge in [0.25, 0.3) is 0 Å². The van der Waals surface area contributed by atoms with Crippen LogP contribution in [-0.2, 0) is 12.8 Å². The fourth-order valence-corrected chi connectivity index (χ4v) is 2.76. The van der Waals surface area contributed by atoms with E-state index in [-0.39, 0.29) is 0 Å². The van der Waals surface area contributed by atoms with E-state index in [1.807, 2.05) is 12.1 Å². The highest BCUT2D eigenvalue weighted by Gasteiger charge is 2.21. The summed E-state index contributed by atoms with van der Waals surface area (Å²) in [6, 6.07) is 17.1. The van der Waals surface area contributed by atoms with E-state index in [1.165, 1.54) is 16.7 Å². The zero-order valence-electron chi connectivity index (χ0n) is 11.0. The van der Waals surface area contributed by atoms with Crippen molar-refractivity contribution in [3.05, 3.63) is 64.7 Å². The van der Waals surface area contributed by atoms with E-state index in [9.17, 15) is 0 Å². The molecular weight excluding hydrogens is 232 g/mol. The van der Waals surface area contributed by atoms with Crippen LogP contribution in [-0.4, -0.2) is 6.04 Å². The van der Waals surface area contributed by atoms with Gasteiger partial charge >= 0.3 is 0 Å². The van der Waals surface area contributed by atoms with Gasteiger partial charge in [-0.25, -0.2) is 0 Å². The monoisotopic (exact) mass is 248 g/mol. The van der Waals surface area contributed by atoms with Gasteiger partial charge in [-0.2, -0.15) is 5.26 Å². The lowest BCUT2D eigenvalue weighted by molar-refractivity contribution is 0.774. The molecule has 1 N–H and O–H groups in total. The molecule has 2 nitrogen and oxygen atoms in total. The predicted molar refractivity (Wildman–Crippen MR) is 77.2 cm³/mol. The molecule has 0 saturated heterocycles. The standard InChI is InChI=1S/C17H16N2/c1-12-6-7-15(11-18)17(8-12)19-16-9-13-4-2-3-5-14(13)10-16/h2-8,16,19H,9-10H2,1H3. The third-order valence-corrected chi connectivity index (χ3v) is 3.71. The molecule has 0 fully saturated rings. The lowest BCUT2D eigenvalue weighted by atomic mass is 10.1. The lowest BCUT2D eigenvalue weighted by Gasteiger charge is -2.15.